The highest BCUT2D eigenvalue weighted by Crippen LogP contribution is 2.28. The van der Waals surface area contributed by atoms with E-state index >= 15 is 0 Å². The van der Waals surface area contributed by atoms with Crippen LogP contribution in [0.4, 0.5) is 0 Å². The smallest absolute Gasteiger partial charge is 0.226 e. The Morgan fingerprint density at radius 2 is 1.87 bits per heavy atom. The van der Waals surface area contributed by atoms with Crippen molar-refractivity contribution in [2.45, 2.75) is 64.8 Å². The maximum atomic E-state index is 12.8. The lowest BCUT2D eigenvalue weighted by Crippen LogP contribution is -2.51. The molecule has 0 aromatic heterocycles. The Hall–Kier alpha value is -1.48. The summed E-state index contributed by atoms with van der Waals surface area (Å²) in [6.45, 7) is 7.68. The molecule has 0 unspecified atom stereocenters. The number of rotatable bonds is 5. The summed E-state index contributed by atoms with van der Waals surface area (Å²) < 4.78 is 11.4. The minimum absolute atomic E-state index is 0.0413. The maximum Gasteiger partial charge on any atom is 0.226 e. The third-order valence-electron chi connectivity index (χ3n) is 6.05. The first-order valence-electron chi connectivity index (χ1n) is 11.5. The summed E-state index contributed by atoms with van der Waals surface area (Å²) in [6, 6.07) is 0. The second-order valence-corrected chi connectivity index (χ2v) is 9.04. The van der Waals surface area contributed by atoms with Crippen LogP contribution in [0.1, 0.15) is 46.5 Å². The normalized spacial score (nSPS) is 28.1. The van der Waals surface area contributed by atoms with E-state index in [0.29, 0.717) is 32.2 Å². The molecule has 8 heteroatoms. The van der Waals surface area contributed by atoms with Crippen molar-refractivity contribution in [2.75, 3.05) is 46.0 Å². The van der Waals surface area contributed by atoms with Gasteiger partial charge in [0.05, 0.1) is 13.2 Å². The summed E-state index contributed by atoms with van der Waals surface area (Å²) in [7, 11) is 0. The lowest BCUT2D eigenvalue weighted by atomic mass is 9.84. The third kappa shape index (κ3) is 8.52. The summed E-state index contributed by atoms with van der Waals surface area (Å²) in [6.07, 6.45) is 4.39. The van der Waals surface area contributed by atoms with Crippen LogP contribution < -0.4 is 0 Å². The van der Waals surface area contributed by atoms with Gasteiger partial charge < -0.3 is 29.5 Å². The fourth-order valence-electron chi connectivity index (χ4n) is 3.63. The fraction of sp³-hybridized carbons (Fsp3) is 0.826. The van der Waals surface area contributed by atoms with Crippen molar-refractivity contribution in [3.05, 3.63) is 12.2 Å². The van der Waals surface area contributed by atoms with Crippen LogP contribution in [-0.4, -0.2) is 96.1 Å². The van der Waals surface area contributed by atoms with E-state index in [-0.39, 0.29) is 37.5 Å². The molecule has 178 valence electrons. The molecule has 1 fully saturated rings. The number of nitrogens with zero attached hydrogens (tertiary/aromatic N) is 2. The van der Waals surface area contributed by atoms with E-state index in [0.717, 1.165) is 25.7 Å². The van der Waals surface area contributed by atoms with Gasteiger partial charge in [0.15, 0.2) is 0 Å². The van der Waals surface area contributed by atoms with Crippen LogP contribution in [-0.2, 0) is 19.1 Å². The van der Waals surface area contributed by atoms with E-state index in [4.69, 9.17) is 9.47 Å². The predicted molar refractivity (Wildman–Crippen MR) is 117 cm³/mol. The van der Waals surface area contributed by atoms with Gasteiger partial charge in [-0.25, -0.2) is 0 Å². The van der Waals surface area contributed by atoms with Crippen molar-refractivity contribution in [3.63, 3.8) is 0 Å². The zero-order valence-electron chi connectivity index (χ0n) is 19.2. The van der Waals surface area contributed by atoms with Crippen molar-refractivity contribution in [1.82, 2.24) is 9.80 Å². The van der Waals surface area contributed by atoms with Gasteiger partial charge in [-0.05, 0) is 25.2 Å². The molecule has 3 atom stereocenters. The van der Waals surface area contributed by atoms with Crippen molar-refractivity contribution in [3.8, 4) is 0 Å². The number of aliphatic hydroxyl groups excluding tert-OH is 2. The molecule has 31 heavy (non-hydrogen) atoms. The van der Waals surface area contributed by atoms with Crippen molar-refractivity contribution in [1.29, 1.82) is 0 Å². The molecule has 2 amide bonds. The van der Waals surface area contributed by atoms with Crippen LogP contribution in [0.25, 0.3) is 0 Å². The standard InChI is InChI=1S/C23H40N2O6/c1-17(2)9-14-31-21-15-25(18(3)26)12-11-24(23(29)19-7-6-8-19)10-4-5-13-30-16-20(27)22(21)28/h4-5,17,19-22,27-28H,6-16H2,1-3H3/b5-4-/t20-,21-,22-/m0/s1. The van der Waals surface area contributed by atoms with Crippen LogP contribution in [0.2, 0.25) is 0 Å². The number of amides is 2. The number of hydrogen-bond acceptors (Lipinski definition) is 6. The summed E-state index contributed by atoms with van der Waals surface area (Å²) in [4.78, 5) is 28.5. The van der Waals surface area contributed by atoms with Gasteiger partial charge in [-0.15, -0.1) is 0 Å². The molecular weight excluding hydrogens is 400 g/mol. The fourth-order valence-corrected chi connectivity index (χ4v) is 3.63. The Bertz CT molecular complexity index is 593. The molecule has 0 aromatic rings. The molecule has 2 rings (SSSR count). The molecule has 0 saturated heterocycles. The molecule has 2 N–H and O–H groups in total. The molecule has 0 aromatic carbocycles. The van der Waals surface area contributed by atoms with Gasteiger partial charge in [-0.3, -0.25) is 9.59 Å². The quantitative estimate of drug-likeness (QED) is 0.624. The summed E-state index contributed by atoms with van der Waals surface area (Å²) in [5.41, 5.74) is 0. The van der Waals surface area contributed by atoms with E-state index in [9.17, 15) is 19.8 Å². The van der Waals surface area contributed by atoms with Gasteiger partial charge >= 0.3 is 0 Å². The van der Waals surface area contributed by atoms with E-state index < -0.39 is 18.3 Å². The van der Waals surface area contributed by atoms with Crippen molar-refractivity contribution in [2.24, 2.45) is 11.8 Å². The second-order valence-electron chi connectivity index (χ2n) is 9.04. The minimum atomic E-state index is -1.19. The lowest BCUT2D eigenvalue weighted by Gasteiger charge is -2.35. The molecule has 0 bridgehead atoms. The largest absolute Gasteiger partial charge is 0.388 e. The Morgan fingerprint density at radius 1 is 1.16 bits per heavy atom. The summed E-state index contributed by atoms with van der Waals surface area (Å²) in [5, 5.41) is 21.1. The van der Waals surface area contributed by atoms with E-state index in [1.165, 1.54) is 6.92 Å². The Morgan fingerprint density at radius 3 is 2.48 bits per heavy atom. The van der Waals surface area contributed by atoms with Crippen molar-refractivity contribution >= 4 is 11.8 Å². The van der Waals surface area contributed by atoms with Crippen LogP contribution in [0, 0.1) is 11.8 Å². The topological polar surface area (TPSA) is 99.5 Å². The third-order valence-corrected chi connectivity index (χ3v) is 6.05. The molecule has 1 saturated carbocycles. The lowest BCUT2D eigenvalue weighted by molar-refractivity contribution is -0.143. The molecule has 0 radical (unpaired) electrons. The first-order chi connectivity index (χ1) is 14.8. The first-order valence-corrected chi connectivity index (χ1v) is 11.5. The zero-order valence-corrected chi connectivity index (χ0v) is 19.2. The minimum Gasteiger partial charge on any atom is -0.388 e. The van der Waals surface area contributed by atoms with Gasteiger partial charge in [-0.2, -0.15) is 0 Å². The first kappa shape index (κ1) is 25.8. The average molecular weight is 441 g/mol. The highest BCUT2D eigenvalue weighted by molar-refractivity contribution is 5.80. The van der Waals surface area contributed by atoms with Crippen LogP contribution in [0.15, 0.2) is 12.2 Å². The molecule has 1 aliphatic carbocycles. The second kappa shape index (κ2) is 13.2. The van der Waals surface area contributed by atoms with Crippen LogP contribution in [0.5, 0.6) is 0 Å². The molecule has 1 aliphatic heterocycles. The number of carbonyl (C=O) groups is 2. The van der Waals surface area contributed by atoms with Crippen molar-refractivity contribution < 1.29 is 29.3 Å². The Kier molecular flexibility index (Phi) is 10.9. The summed E-state index contributed by atoms with van der Waals surface area (Å²) in [5.74, 6) is 0.491. The Labute approximate surface area is 186 Å². The molecule has 1 heterocycles. The van der Waals surface area contributed by atoms with Gasteiger partial charge in [0.1, 0.15) is 18.3 Å². The van der Waals surface area contributed by atoms with Crippen LogP contribution >= 0.6 is 0 Å². The zero-order chi connectivity index (χ0) is 22.8. The van der Waals surface area contributed by atoms with Gasteiger partial charge in [0, 0.05) is 45.6 Å². The number of carbonyl (C=O) groups excluding carboxylic acids is 2. The highest BCUT2D eigenvalue weighted by Gasteiger charge is 2.32. The van der Waals surface area contributed by atoms with Crippen LogP contribution in [0.3, 0.4) is 0 Å². The van der Waals surface area contributed by atoms with E-state index in [1.807, 2.05) is 12.2 Å². The summed E-state index contributed by atoms with van der Waals surface area (Å²) >= 11 is 0. The number of aliphatic hydroxyl groups is 2. The predicted octanol–water partition coefficient (Wildman–Crippen LogP) is 1.20. The molecule has 8 nitrogen and oxygen atoms in total. The Balaban J connectivity index is 2.13. The number of ether oxygens (including phenoxy) is 2. The molecular formula is C23H40N2O6. The van der Waals surface area contributed by atoms with Gasteiger partial charge in [0.25, 0.3) is 0 Å². The van der Waals surface area contributed by atoms with E-state index in [2.05, 4.69) is 13.8 Å². The molecule has 2 aliphatic rings. The SMILES string of the molecule is CC(=O)N1CCN(C(=O)C2CCC2)C/C=C\COC[C@H](O)[C@H](O)[C@@H](OCCC(C)C)C1. The van der Waals surface area contributed by atoms with E-state index in [1.54, 1.807) is 9.80 Å². The highest BCUT2D eigenvalue weighted by atomic mass is 16.5. The van der Waals surface area contributed by atoms with Gasteiger partial charge in [-0.1, -0.05) is 32.4 Å². The number of hydrogen-bond donors (Lipinski definition) is 2. The molecule has 0 spiro atoms. The monoisotopic (exact) mass is 440 g/mol. The maximum absolute atomic E-state index is 12.8. The average Bonchev–Trinajstić information content (AvgIpc) is 2.67. The van der Waals surface area contributed by atoms with Gasteiger partial charge in [0.2, 0.25) is 11.8 Å².